The van der Waals surface area contributed by atoms with Crippen molar-refractivity contribution in [1.29, 1.82) is 0 Å². The molecule has 3 atom stereocenters. The summed E-state index contributed by atoms with van der Waals surface area (Å²) < 4.78 is 41.6. The third kappa shape index (κ3) is 5.29. The number of nitrogens with zero attached hydrogens (tertiary/aromatic N) is 1. The molecule has 2 heterocycles. The maximum absolute atomic E-state index is 15.4. The molecule has 2 aliphatic carbocycles. The molecule has 0 radical (unpaired) electrons. The van der Waals surface area contributed by atoms with E-state index < -0.39 is 17.5 Å². The van der Waals surface area contributed by atoms with Crippen molar-refractivity contribution in [3.63, 3.8) is 0 Å². The number of alkyl halides is 1. The number of pyridine rings is 1. The number of anilines is 1. The maximum atomic E-state index is 15.4. The molecule has 6 rings (SSSR count). The van der Waals surface area contributed by atoms with E-state index in [-0.39, 0.29) is 24.4 Å². The lowest BCUT2D eigenvalue weighted by molar-refractivity contribution is -0.139. The zero-order valence-corrected chi connectivity index (χ0v) is 22.8. The fourth-order valence-corrected chi connectivity index (χ4v) is 6.30. The summed E-state index contributed by atoms with van der Waals surface area (Å²) in [7, 11) is 0. The lowest BCUT2D eigenvalue weighted by Gasteiger charge is -2.24. The van der Waals surface area contributed by atoms with Crippen molar-refractivity contribution in [3.05, 3.63) is 76.7 Å². The minimum atomic E-state index is -1.64. The molecule has 1 saturated heterocycles. The van der Waals surface area contributed by atoms with Gasteiger partial charge in [-0.2, -0.15) is 0 Å². The van der Waals surface area contributed by atoms with Crippen molar-refractivity contribution in [1.82, 2.24) is 4.98 Å². The van der Waals surface area contributed by atoms with Gasteiger partial charge < -0.3 is 19.9 Å². The minimum Gasteiger partial charge on any atom is -0.489 e. The first kappa shape index (κ1) is 26.7. The van der Waals surface area contributed by atoms with Crippen LogP contribution in [0.1, 0.15) is 54.9 Å². The predicted molar refractivity (Wildman–Crippen MR) is 148 cm³/mol. The Balaban J connectivity index is 1.18. The molecular formula is C32H34F2N2O4. The van der Waals surface area contributed by atoms with Crippen LogP contribution in [-0.2, 0) is 28.2 Å². The molecule has 0 unspecified atom stereocenters. The number of hydrogen-bond donors (Lipinski definition) is 2. The summed E-state index contributed by atoms with van der Waals surface area (Å²) in [6.07, 6.45) is 4.36. The molecule has 2 N–H and O–H groups in total. The molecule has 1 saturated carbocycles. The van der Waals surface area contributed by atoms with Crippen LogP contribution in [0.4, 0.5) is 14.6 Å². The van der Waals surface area contributed by atoms with E-state index in [9.17, 15) is 14.3 Å². The number of carbonyl (C=O) groups is 1. The zero-order valence-electron chi connectivity index (χ0n) is 22.8. The average molecular weight is 549 g/mol. The number of benzene rings is 2. The highest BCUT2D eigenvalue weighted by Gasteiger charge is 2.59. The van der Waals surface area contributed by atoms with Gasteiger partial charge in [0.05, 0.1) is 5.92 Å². The van der Waals surface area contributed by atoms with Gasteiger partial charge in [-0.05, 0) is 92.0 Å². The van der Waals surface area contributed by atoms with Gasteiger partial charge in [0, 0.05) is 48.6 Å². The van der Waals surface area contributed by atoms with Crippen molar-refractivity contribution in [2.24, 2.45) is 17.8 Å². The van der Waals surface area contributed by atoms with Crippen LogP contribution in [0.2, 0.25) is 0 Å². The molecule has 0 spiro atoms. The molecule has 6 nitrogen and oxygen atoms in total. The number of ether oxygens (including phenoxy) is 2. The Kier molecular flexibility index (Phi) is 6.98. The van der Waals surface area contributed by atoms with E-state index >= 15 is 4.39 Å². The van der Waals surface area contributed by atoms with Gasteiger partial charge in [0.15, 0.2) is 0 Å². The highest BCUT2D eigenvalue weighted by atomic mass is 19.1. The zero-order chi connectivity index (χ0) is 28.0. The van der Waals surface area contributed by atoms with E-state index in [2.05, 4.69) is 10.3 Å². The molecule has 0 amide bonds. The number of aliphatic carboxylic acids is 1. The first-order chi connectivity index (χ1) is 19.2. The van der Waals surface area contributed by atoms with Gasteiger partial charge in [0.25, 0.3) is 0 Å². The van der Waals surface area contributed by atoms with Crippen LogP contribution in [0.3, 0.4) is 0 Å². The SMILES string of the molecule is CC(C)(F)c1cc(NCC2CCOCC2)ncc1-c1ccc(F)c(COc2ccc3c(c2)C[C@H]2[C@H](C(=O)O)[C@@H]32)c1. The van der Waals surface area contributed by atoms with Crippen molar-refractivity contribution in [3.8, 4) is 16.9 Å². The summed E-state index contributed by atoms with van der Waals surface area (Å²) in [5.74, 6) is 0.585. The Labute approximate surface area is 232 Å². The number of nitrogens with one attached hydrogen (secondary N) is 1. The van der Waals surface area contributed by atoms with Crippen LogP contribution in [0.5, 0.6) is 5.75 Å². The smallest absolute Gasteiger partial charge is 0.307 e. The lowest BCUT2D eigenvalue weighted by atomic mass is 9.91. The van der Waals surface area contributed by atoms with Crippen LogP contribution >= 0.6 is 0 Å². The third-order valence-corrected chi connectivity index (χ3v) is 8.59. The Hall–Kier alpha value is -3.52. The van der Waals surface area contributed by atoms with Gasteiger partial charge in [-0.1, -0.05) is 12.1 Å². The van der Waals surface area contributed by atoms with Crippen LogP contribution in [0, 0.1) is 23.6 Å². The van der Waals surface area contributed by atoms with Gasteiger partial charge in [-0.3, -0.25) is 4.79 Å². The summed E-state index contributed by atoms with van der Waals surface area (Å²) in [4.78, 5) is 15.9. The van der Waals surface area contributed by atoms with E-state index in [4.69, 9.17) is 9.47 Å². The van der Waals surface area contributed by atoms with Gasteiger partial charge in [0.2, 0.25) is 0 Å². The molecule has 3 aliphatic rings. The van der Waals surface area contributed by atoms with E-state index in [1.54, 1.807) is 24.4 Å². The number of fused-ring (bicyclic) bond motifs is 3. The van der Waals surface area contributed by atoms with Crippen molar-refractivity contribution in [2.75, 3.05) is 25.1 Å². The second kappa shape index (κ2) is 10.5. The van der Waals surface area contributed by atoms with E-state index in [1.807, 2.05) is 18.2 Å². The molecule has 1 aliphatic heterocycles. The van der Waals surface area contributed by atoms with Gasteiger partial charge >= 0.3 is 5.97 Å². The third-order valence-electron chi connectivity index (χ3n) is 8.59. The van der Waals surface area contributed by atoms with Crippen LogP contribution in [0.25, 0.3) is 11.1 Å². The number of carboxylic acid groups (broad SMARTS) is 1. The second-order valence-corrected chi connectivity index (χ2v) is 11.7. The van der Waals surface area contributed by atoms with Gasteiger partial charge in [-0.25, -0.2) is 13.8 Å². The summed E-state index contributed by atoms with van der Waals surface area (Å²) >= 11 is 0. The molecule has 40 heavy (non-hydrogen) atoms. The minimum absolute atomic E-state index is 0.00951. The number of aromatic nitrogens is 1. The first-order valence-electron chi connectivity index (χ1n) is 14.0. The van der Waals surface area contributed by atoms with E-state index in [0.717, 1.165) is 50.1 Å². The summed E-state index contributed by atoms with van der Waals surface area (Å²) in [6.45, 7) is 5.31. The predicted octanol–water partition coefficient (Wildman–Crippen LogP) is 6.48. The normalized spacial score (nSPS) is 21.9. The Morgan fingerprint density at radius 2 is 1.98 bits per heavy atom. The monoisotopic (exact) mass is 548 g/mol. The summed E-state index contributed by atoms with van der Waals surface area (Å²) in [5, 5.41) is 12.7. The molecule has 210 valence electrons. The maximum Gasteiger partial charge on any atom is 0.307 e. The highest BCUT2D eigenvalue weighted by molar-refractivity contribution is 5.78. The largest absolute Gasteiger partial charge is 0.489 e. The van der Waals surface area contributed by atoms with Crippen LogP contribution < -0.4 is 10.1 Å². The molecule has 2 aromatic carbocycles. The van der Waals surface area contributed by atoms with Crippen LogP contribution in [0.15, 0.2) is 48.7 Å². The van der Waals surface area contributed by atoms with E-state index in [1.165, 1.54) is 19.9 Å². The number of rotatable bonds is 9. The Morgan fingerprint density at radius 3 is 2.73 bits per heavy atom. The van der Waals surface area contributed by atoms with Crippen molar-refractivity contribution in [2.45, 2.75) is 51.3 Å². The number of hydrogen-bond acceptors (Lipinski definition) is 5. The quantitative estimate of drug-likeness (QED) is 0.319. The molecule has 1 aromatic heterocycles. The standard InChI is InChI=1S/C32H34F2N2O4/c1-32(2,34)26-14-28(35-15-18-7-9-39-10-8-18)36-16-25(26)19-3-6-27(33)21(11-19)17-40-22-4-5-23-20(12-22)13-24-29(23)30(24)31(37)38/h3-6,11-12,14,16,18,24,29-30H,7-10,13,15,17H2,1-2H3,(H,35,36)(H,37,38)/t24-,29+,30+/m1/s1. The first-order valence-corrected chi connectivity index (χ1v) is 14.0. The Morgan fingerprint density at radius 1 is 1.18 bits per heavy atom. The van der Waals surface area contributed by atoms with Crippen molar-refractivity contribution >= 4 is 11.8 Å². The summed E-state index contributed by atoms with van der Waals surface area (Å²) in [6, 6.07) is 12.1. The fraction of sp³-hybridized carbons (Fsp3) is 0.438. The van der Waals surface area contributed by atoms with Crippen molar-refractivity contribution < 1.29 is 28.2 Å². The average Bonchev–Trinajstić information content (AvgIpc) is 3.54. The number of halogens is 2. The molecule has 8 heteroatoms. The second-order valence-electron chi connectivity index (χ2n) is 11.7. The summed E-state index contributed by atoms with van der Waals surface area (Å²) in [5.41, 5.74) is 2.66. The lowest BCUT2D eigenvalue weighted by Crippen LogP contribution is -2.23. The topological polar surface area (TPSA) is 80.7 Å². The highest BCUT2D eigenvalue weighted by Crippen LogP contribution is 2.61. The van der Waals surface area contributed by atoms with E-state index in [0.29, 0.717) is 39.7 Å². The molecule has 2 fully saturated rings. The van der Waals surface area contributed by atoms with Crippen LogP contribution in [-0.4, -0.2) is 35.8 Å². The fourth-order valence-electron chi connectivity index (χ4n) is 6.30. The van der Waals surface area contributed by atoms with Gasteiger partial charge in [0.1, 0.15) is 29.7 Å². The molecule has 3 aromatic rings. The van der Waals surface area contributed by atoms with Gasteiger partial charge in [-0.15, -0.1) is 0 Å². The Bertz CT molecular complexity index is 1430. The molecular weight excluding hydrogens is 514 g/mol. The molecule has 0 bridgehead atoms. The number of carboxylic acids is 1.